The Hall–Kier alpha value is -1.91. The highest BCUT2D eigenvalue weighted by atomic mass is 35.5. The molecule has 126 valence electrons. The third-order valence-electron chi connectivity index (χ3n) is 4.15. The van der Waals surface area contributed by atoms with Gasteiger partial charge in [0.2, 0.25) is 0 Å². The first kappa shape index (κ1) is 16.9. The lowest BCUT2D eigenvalue weighted by atomic mass is 10.1. The Morgan fingerprint density at radius 2 is 1.83 bits per heavy atom. The van der Waals surface area contributed by atoms with Gasteiger partial charge in [-0.25, -0.2) is 0 Å². The fourth-order valence-electron chi connectivity index (χ4n) is 2.89. The predicted molar refractivity (Wildman–Crippen MR) is 98.4 cm³/mol. The summed E-state index contributed by atoms with van der Waals surface area (Å²) in [5.74, 6) is -0.596. The average Bonchev–Trinajstić information content (AvgIpc) is 3.05. The second-order valence-corrected chi connectivity index (χ2v) is 6.78. The van der Waals surface area contributed by atoms with Crippen LogP contribution < -0.4 is 10.6 Å². The summed E-state index contributed by atoms with van der Waals surface area (Å²) in [7, 11) is 0. The normalized spacial score (nSPS) is 14.6. The molecule has 0 bridgehead atoms. The molecule has 4 nitrogen and oxygen atoms in total. The maximum atomic E-state index is 12.3. The van der Waals surface area contributed by atoms with Gasteiger partial charge in [-0.15, -0.1) is 0 Å². The van der Waals surface area contributed by atoms with Crippen molar-refractivity contribution >= 4 is 40.5 Å². The number of nitrogens with one attached hydrogen (secondary N) is 2. The number of halogens is 2. The highest BCUT2D eigenvalue weighted by molar-refractivity contribution is 6.34. The van der Waals surface area contributed by atoms with Crippen LogP contribution in [0.5, 0.6) is 5.75 Å². The van der Waals surface area contributed by atoms with Crippen LogP contribution in [0.4, 0.5) is 11.4 Å². The number of aromatic hydroxyl groups is 1. The molecule has 0 aromatic heterocycles. The largest absolute Gasteiger partial charge is 0.507 e. The van der Waals surface area contributed by atoms with Gasteiger partial charge in [0, 0.05) is 16.8 Å². The number of amides is 1. The average molecular weight is 365 g/mol. The van der Waals surface area contributed by atoms with Gasteiger partial charge in [-0.05, 0) is 49.2 Å². The van der Waals surface area contributed by atoms with E-state index in [1.165, 1.54) is 43.9 Å². The third kappa shape index (κ3) is 3.94. The van der Waals surface area contributed by atoms with E-state index < -0.39 is 5.91 Å². The van der Waals surface area contributed by atoms with Crippen molar-refractivity contribution in [3.8, 4) is 5.75 Å². The van der Waals surface area contributed by atoms with Crippen LogP contribution in [-0.4, -0.2) is 17.1 Å². The fraction of sp³-hybridized carbons (Fsp3) is 0.278. The summed E-state index contributed by atoms with van der Waals surface area (Å²) in [4.78, 5) is 12.3. The molecule has 1 aliphatic rings. The number of hydrogen-bond acceptors (Lipinski definition) is 3. The topological polar surface area (TPSA) is 61.4 Å². The van der Waals surface area contributed by atoms with Gasteiger partial charge in [0.25, 0.3) is 5.91 Å². The Labute approximate surface area is 150 Å². The van der Waals surface area contributed by atoms with Crippen molar-refractivity contribution in [2.24, 2.45) is 0 Å². The molecule has 0 atom stereocenters. The second-order valence-electron chi connectivity index (χ2n) is 5.94. The predicted octanol–water partition coefficient (Wildman–Crippen LogP) is 5.31. The Bertz CT molecular complexity index is 759. The first-order valence-corrected chi connectivity index (χ1v) is 8.64. The summed E-state index contributed by atoms with van der Waals surface area (Å²) in [6.07, 6.45) is 4.85. The smallest absolute Gasteiger partial charge is 0.259 e. The van der Waals surface area contributed by atoms with Crippen LogP contribution in [0.15, 0.2) is 36.4 Å². The van der Waals surface area contributed by atoms with Crippen LogP contribution >= 0.6 is 23.2 Å². The van der Waals surface area contributed by atoms with Gasteiger partial charge in [0.1, 0.15) is 5.75 Å². The summed E-state index contributed by atoms with van der Waals surface area (Å²) in [5, 5.41) is 16.8. The van der Waals surface area contributed by atoms with Gasteiger partial charge in [0.05, 0.1) is 16.3 Å². The number of anilines is 2. The molecule has 0 spiro atoms. The molecule has 2 aromatic carbocycles. The van der Waals surface area contributed by atoms with E-state index in [0.717, 1.165) is 5.69 Å². The minimum Gasteiger partial charge on any atom is -0.507 e. The van der Waals surface area contributed by atoms with Gasteiger partial charge in [0.15, 0.2) is 0 Å². The van der Waals surface area contributed by atoms with Crippen molar-refractivity contribution in [2.75, 3.05) is 10.6 Å². The summed E-state index contributed by atoms with van der Waals surface area (Å²) >= 11 is 12.1. The quantitative estimate of drug-likeness (QED) is 0.689. The molecular formula is C18H18Cl2N2O2. The van der Waals surface area contributed by atoms with E-state index in [0.29, 0.717) is 21.8 Å². The number of phenolic OH excluding ortho intramolecular Hbond substituents is 1. The minimum atomic E-state index is -0.464. The first-order valence-electron chi connectivity index (χ1n) is 7.89. The molecule has 1 aliphatic carbocycles. The van der Waals surface area contributed by atoms with Crippen molar-refractivity contribution in [3.63, 3.8) is 0 Å². The lowest BCUT2D eigenvalue weighted by Gasteiger charge is -2.15. The SMILES string of the molecule is O=C(Nc1ccc(NC2CCCC2)cc1Cl)c1cc(Cl)ccc1O. The monoisotopic (exact) mass is 364 g/mol. The van der Waals surface area contributed by atoms with Crippen LogP contribution in [0.3, 0.4) is 0 Å². The molecule has 1 saturated carbocycles. The van der Waals surface area contributed by atoms with Gasteiger partial charge in [-0.2, -0.15) is 0 Å². The number of carbonyl (C=O) groups excluding carboxylic acids is 1. The number of rotatable bonds is 4. The second kappa shape index (κ2) is 7.32. The molecule has 1 fully saturated rings. The standard InChI is InChI=1S/C18H18Cl2N2O2/c19-11-5-8-17(23)14(9-11)18(24)22-16-7-6-13(10-15(16)20)21-12-3-1-2-4-12/h5-10,12,21,23H,1-4H2,(H,22,24). The van der Waals surface area contributed by atoms with Crippen molar-refractivity contribution in [3.05, 3.63) is 52.0 Å². The maximum absolute atomic E-state index is 12.3. The van der Waals surface area contributed by atoms with Crippen LogP contribution in [0.2, 0.25) is 10.0 Å². The van der Waals surface area contributed by atoms with E-state index in [4.69, 9.17) is 23.2 Å². The van der Waals surface area contributed by atoms with Crippen LogP contribution in [0.25, 0.3) is 0 Å². The molecule has 3 rings (SSSR count). The zero-order valence-corrected chi connectivity index (χ0v) is 14.5. The van der Waals surface area contributed by atoms with Crippen molar-refractivity contribution in [1.29, 1.82) is 0 Å². The zero-order valence-electron chi connectivity index (χ0n) is 13.0. The molecular weight excluding hydrogens is 347 g/mol. The minimum absolute atomic E-state index is 0.103. The number of phenols is 1. The van der Waals surface area contributed by atoms with Gasteiger partial charge < -0.3 is 15.7 Å². The van der Waals surface area contributed by atoms with E-state index in [1.54, 1.807) is 12.1 Å². The Morgan fingerprint density at radius 1 is 1.08 bits per heavy atom. The Morgan fingerprint density at radius 3 is 2.54 bits per heavy atom. The van der Waals surface area contributed by atoms with Crippen molar-refractivity contribution < 1.29 is 9.90 Å². The molecule has 6 heteroatoms. The third-order valence-corrected chi connectivity index (χ3v) is 4.69. The molecule has 0 aliphatic heterocycles. The lowest BCUT2D eigenvalue weighted by Crippen LogP contribution is -2.15. The Balaban J connectivity index is 1.72. The number of hydrogen-bond donors (Lipinski definition) is 3. The summed E-state index contributed by atoms with van der Waals surface area (Å²) in [6, 6.07) is 10.2. The molecule has 0 saturated heterocycles. The van der Waals surface area contributed by atoms with E-state index in [2.05, 4.69) is 10.6 Å². The molecule has 1 amide bonds. The molecule has 0 heterocycles. The first-order chi connectivity index (χ1) is 11.5. The molecule has 0 radical (unpaired) electrons. The van der Waals surface area contributed by atoms with Gasteiger partial charge >= 0.3 is 0 Å². The Kier molecular flexibility index (Phi) is 5.17. The summed E-state index contributed by atoms with van der Waals surface area (Å²) < 4.78 is 0. The van der Waals surface area contributed by atoms with Crippen LogP contribution in [0.1, 0.15) is 36.0 Å². The maximum Gasteiger partial charge on any atom is 0.259 e. The summed E-state index contributed by atoms with van der Waals surface area (Å²) in [6.45, 7) is 0. The molecule has 0 unspecified atom stereocenters. The number of benzene rings is 2. The van der Waals surface area contributed by atoms with E-state index in [-0.39, 0.29) is 11.3 Å². The molecule has 3 N–H and O–H groups in total. The highest BCUT2D eigenvalue weighted by Gasteiger charge is 2.16. The van der Waals surface area contributed by atoms with Crippen LogP contribution in [0, 0.1) is 0 Å². The highest BCUT2D eigenvalue weighted by Crippen LogP contribution is 2.29. The van der Waals surface area contributed by atoms with E-state index in [1.807, 2.05) is 6.07 Å². The van der Waals surface area contributed by atoms with Crippen molar-refractivity contribution in [2.45, 2.75) is 31.7 Å². The lowest BCUT2D eigenvalue weighted by molar-refractivity contribution is 0.102. The van der Waals surface area contributed by atoms with Gasteiger partial charge in [-0.3, -0.25) is 4.79 Å². The molecule has 24 heavy (non-hydrogen) atoms. The van der Waals surface area contributed by atoms with E-state index >= 15 is 0 Å². The fourth-order valence-corrected chi connectivity index (χ4v) is 3.29. The van der Waals surface area contributed by atoms with E-state index in [9.17, 15) is 9.90 Å². The van der Waals surface area contributed by atoms with Crippen LogP contribution in [-0.2, 0) is 0 Å². The van der Waals surface area contributed by atoms with Crippen molar-refractivity contribution in [1.82, 2.24) is 0 Å². The summed E-state index contributed by atoms with van der Waals surface area (Å²) in [5.41, 5.74) is 1.53. The zero-order chi connectivity index (χ0) is 17.1. The molecule has 2 aromatic rings. The van der Waals surface area contributed by atoms with Gasteiger partial charge in [-0.1, -0.05) is 36.0 Å². The number of carbonyl (C=O) groups is 1.